The fourth-order valence-electron chi connectivity index (χ4n) is 2.16. The fraction of sp³-hybridized carbons (Fsp3) is 0.533. The minimum Gasteiger partial charge on any atom is -0.200 e. The van der Waals surface area contributed by atoms with E-state index >= 15 is 0 Å². The Hall–Kier alpha value is -1.43. The van der Waals surface area contributed by atoms with Gasteiger partial charge in [0.15, 0.2) is 0 Å². The minimum absolute atomic E-state index is 0.00273. The van der Waals surface area contributed by atoms with Gasteiger partial charge in [-0.3, -0.25) is 0 Å². The zero-order valence-electron chi connectivity index (χ0n) is 11.6. The molecule has 0 radical (unpaired) electrons. The molecule has 0 heterocycles. The predicted molar refractivity (Wildman–Crippen MR) is 68.7 cm³/mol. The Morgan fingerprint density at radius 3 is 1.89 bits per heavy atom. The number of benzene rings is 1. The third-order valence-electron chi connectivity index (χ3n) is 3.07. The molecule has 1 aromatic carbocycles. The van der Waals surface area contributed by atoms with Crippen LogP contribution in [-0.4, -0.2) is 0 Å². The van der Waals surface area contributed by atoms with E-state index in [4.69, 9.17) is 5.26 Å². The molecule has 18 heavy (non-hydrogen) atoms. The Labute approximate surface area is 107 Å². The Kier molecular flexibility index (Phi) is 3.81. The van der Waals surface area contributed by atoms with Gasteiger partial charge >= 0.3 is 0 Å². The molecule has 98 valence electrons. The molecule has 0 saturated carbocycles. The van der Waals surface area contributed by atoms with Crippen molar-refractivity contribution in [1.82, 2.24) is 0 Å². The van der Waals surface area contributed by atoms with Crippen molar-refractivity contribution in [3.63, 3.8) is 0 Å². The molecule has 1 aromatic rings. The average molecular weight is 251 g/mol. The molecular weight excluding hydrogens is 232 g/mol. The summed E-state index contributed by atoms with van der Waals surface area (Å²) in [6.07, 6.45) is -0.774. The van der Waals surface area contributed by atoms with Crippen molar-refractivity contribution in [2.45, 2.75) is 52.4 Å². The summed E-state index contributed by atoms with van der Waals surface area (Å²) in [7, 11) is 0. The zero-order chi connectivity index (χ0) is 14.1. The van der Waals surface area contributed by atoms with Crippen LogP contribution in [-0.2, 0) is 11.3 Å². The van der Waals surface area contributed by atoms with Crippen LogP contribution in [0.1, 0.15) is 49.4 Å². The van der Waals surface area contributed by atoms with Crippen LogP contribution in [0.15, 0.2) is 12.1 Å². The van der Waals surface area contributed by atoms with Crippen LogP contribution in [0.4, 0.5) is 8.78 Å². The van der Waals surface area contributed by atoms with E-state index in [2.05, 4.69) is 0 Å². The highest BCUT2D eigenvalue weighted by Gasteiger charge is 2.35. The van der Waals surface area contributed by atoms with Gasteiger partial charge in [-0.15, -0.1) is 0 Å². The van der Waals surface area contributed by atoms with Crippen LogP contribution >= 0.6 is 0 Å². The second-order valence-corrected chi connectivity index (χ2v) is 5.77. The molecule has 0 spiro atoms. The highest BCUT2D eigenvalue weighted by Crippen LogP contribution is 2.38. The molecule has 0 aliphatic carbocycles. The van der Waals surface area contributed by atoms with Gasteiger partial charge in [0.05, 0.1) is 6.07 Å². The number of rotatable bonds is 2. The highest BCUT2D eigenvalue weighted by molar-refractivity contribution is 5.43. The topological polar surface area (TPSA) is 23.8 Å². The second-order valence-electron chi connectivity index (χ2n) is 5.77. The summed E-state index contributed by atoms with van der Waals surface area (Å²) in [6.45, 7) is 9.52. The average Bonchev–Trinajstić information content (AvgIpc) is 2.13. The Morgan fingerprint density at radius 2 is 1.56 bits per heavy atom. The van der Waals surface area contributed by atoms with Gasteiger partial charge in [-0.2, -0.15) is 5.26 Å². The van der Waals surface area contributed by atoms with Crippen LogP contribution in [0.3, 0.4) is 0 Å². The lowest BCUT2D eigenvalue weighted by Crippen LogP contribution is -2.19. The molecule has 0 N–H and O–H groups in total. The standard InChI is InChI=1S/C15H19F2N/c1-10-8-12(14(3,4)5)9-11(2)13(10)15(16,17)6-7-18/h8-9H,6H2,1-5H3. The maximum atomic E-state index is 13.9. The van der Waals surface area contributed by atoms with Crippen molar-refractivity contribution >= 4 is 0 Å². The molecule has 0 fully saturated rings. The lowest BCUT2D eigenvalue weighted by Gasteiger charge is -2.25. The van der Waals surface area contributed by atoms with E-state index in [-0.39, 0.29) is 11.0 Å². The number of nitrogens with zero attached hydrogens (tertiary/aromatic N) is 1. The van der Waals surface area contributed by atoms with Gasteiger partial charge in [0.25, 0.3) is 5.92 Å². The van der Waals surface area contributed by atoms with E-state index in [0.29, 0.717) is 11.1 Å². The van der Waals surface area contributed by atoms with Crippen LogP contribution < -0.4 is 0 Å². The summed E-state index contributed by atoms with van der Waals surface area (Å²) < 4.78 is 27.8. The lowest BCUT2D eigenvalue weighted by atomic mass is 9.82. The summed E-state index contributed by atoms with van der Waals surface area (Å²) in [4.78, 5) is 0. The maximum Gasteiger partial charge on any atom is 0.286 e. The summed E-state index contributed by atoms with van der Waals surface area (Å²) in [6, 6.07) is 5.15. The van der Waals surface area contributed by atoms with Crippen molar-refractivity contribution in [2.24, 2.45) is 0 Å². The first-order chi connectivity index (χ1) is 8.09. The zero-order valence-corrected chi connectivity index (χ0v) is 11.6. The molecule has 3 heteroatoms. The number of hydrogen-bond acceptors (Lipinski definition) is 1. The highest BCUT2D eigenvalue weighted by atomic mass is 19.3. The van der Waals surface area contributed by atoms with Crippen LogP contribution in [0, 0.1) is 25.2 Å². The van der Waals surface area contributed by atoms with E-state index in [1.54, 1.807) is 32.0 Å². The molecule has 1 nitrogen and oxygen atoms in total. The van der Waals surface area contributed by atoms with Crippen molar-refractivity contribution in [3.05, 3.63) is 34.4 Å². The molecular formula is C15H19F2N. The van der Waals surface area contributed by atoms with E-state index < -0.39 is 12.3 Å². The third kappa shape index (κ3) is 2.87. The van der Waals surface area contributed by atoms with Crippen LogP contribution in [0.25, 0.3) is 0 Å². The lowest BCUT2D eigenvalue weighted by molar-refractivity contribution is -0.000335. The summed E-state index contributed by atoms with van der Waals surface area (Å²) in [5.74, 6) is -3.07. The first-order valence-electron chi connectivity index (χ1n) is 5.96. The van der Waals surface area contributed by atoms with Crippen LogP contribution in [0.5, 0.6) is 0 Å². The maximum absolute atomic E-state index is 13.9. The van der Waals surface area contributed by atoms with Crippen molar-refractivity contribution < 1.29 is 8.78 Å². The molecule has 0 atom stereocenters. The van der Waals surface area contributed by atoms with Crippen molar-refractivity contribution in [1.29, 1.82) is 5.26 Å². The number of aryl methyl sites for hydroxylation is 2. The molecule has 1 rings (SSSR count). The molecule has 0 aromatic heterocycles. The molecule has 0 unspecified atom stereocenters. The summed E-state index contributed by atoms with van der Waals surface area (Å²) >= 11 is 0. The van der Waals surface area contributed by atoms with Gasteiger partial charge in [0.2, 0.25) is 0 Å². The number of nitriles is 1. The van der Waals surface area contributed by atoms with E-state index in [9.17, 15) is 8.78 Å². The van der Waals surface area contributed by atoms with Gasteiger partial charge in [-0.05, 0) is 36.0 Å². The quantitative estimate of drug-likeness (QED) is 0.753. The minimum atomic E-state index is -3.07. The SMILES string of the molecule is Cc1cc(C(C)(C)C)cc(C)c1C(F)(F)CC#N. The van der Waals surface area contributed by atoms with Crippen molar-refractivity contribution in [2.75, 3.05) is 0 Å². The van der Waals surface area contributed by atoms with Gasteiger partial charge < -0.3 is 0 Å². The van der Waals surface area contributed by atoms with E-state index in [0.717, 1.165) is 5.56 Å². The number of alkyl halides is 2. The normalized spacial score (nSPS) is 12.3. The monoisotopic (exact) mass is 251 g/mol. The molecule has 0 aliphatic heterocycles. The van der Waals surface area contributed by atoms with E-state index in [1.807, 2.05) is 20.8 Å². The van der Waals surface area contributed by atoms with Gasteiger partial charge in [-0.25, -0.2) is 8.78 Å². The molecule has 0 bridgehead atoms. The largest absolute Gasteiger partial charge is 0.286 e. The van der Waals surface area contributed by atoms with Gasteiger partial charge in [-0.1, -0.05) is 32.9 Å². The molecule has 0 amide bonds. The van der Waals surface area contributed by atoms with E-state index in [1.165, 1.54) is 0 Å². The summed E-state index contributed by atoms with van der Waals surface area (Å²) in [5.41, 5.74) is 2.07. The third-order valence-corrected chi connectivity index (χ3v) is 3.07. The van der Waals surface area contributed by atoms with Crippen LogP contribution in [0.2, 0.25) is 0 Å². The Balaban J connectivity index is 3.39. The predicted octanol–water partition coefficient (Wildman–Crippen LogP) is 4.61. The first kappa shape index (κ1) is 14.6. The van der Waals surface area contributed by atoms with Gasteiger partial charge in [0, 0.05) is 5.56 Å². The number of halogens is 2. The summed E-state index contributed by atoms with van der Waals surface area (Å²) in [5, 5.41) is 8.50. The second kappa shape index (κ2) is 4.68. The number of hydrogen-bond donors (Lipinski definition) is 0. The first-order valence-corrected chi connectivity index (χ1v) is 5.96. The fourth-order valence-corrected chi connectivity index (χ4v) is 2.16. The smallest absolute Gasteiger partial charge is 0.200 e. The Bertz CT molecular complexity index is 467. The Morgan fingerprint density at radius 1 is 1.11 bits per heavy atom. The van der Waals surface area contributed by atoms with Crippen molar-refractivity contribution in [3.8, 4) is 6.07 Å². The molecule has 0 saturated heterocycles. The molecule has 0 aliphatic rings. The van der Waals surface area contributed by atoms with Gasteiger partial charge in [0.1, 0.15) is 6.42 Å².